The fourth-order valence-electron chi connectivity index (χ4n) is 3.22. The van der Waals surface area contributed by atoms with Crippen molar-refractivity contribution >= 4 is 28.7 Å². The molecule has 0 bridgehead atoms. The lowest BCUT2D eigenvalue weighted by Crippen LogP contribution is -1.95. The molecule has 2 nitrogen and oxygen atoms in total. The van der Waals surface area contributed by atoms with Crippen LogP contribution in [0.1, 0.15) is 148 Å². The molecule has 0 unspecified atom stereocenters. The SMILES string of the molecule is C=C(C)C(/C=C(/F)C(=C)c1c(C)cccc1F)=C(C)C.C=C/C=C(C)\C(C)=C(/C)C(C)C.CC(=O)CCCl.CC(C)=O.CCC(C)C.CCCC. The third kappa shape index (κ3) is 35.1. The van der Waals surface area contributed by atoms with Crippen molar-refractivity contribution in [3.8, 4) is 0 Å². The number of benzene rings is 1. The third-order valence-electron chi connectivity index (χ3n) is 7.26. The number of unbranched alkanes of at least 4 members (excludes halogenated alkanes) is 1. The molecule has 0 amide bonds. The minimum absolute atomic E-state index is 0.0561. The van der Waals surface area contributed by atoms with Gasteiger partial charge in [0.2, 0.25) is 0 Å². The van der Waals surface area contributed by atoms with Crippen molar-refractivity contribution in [1.82, 2.24) is 0 Å². The Bertz CT molecular complexity index is 1270. The first-order chi connectivity index (χ1) is 23.4. The summed E-state index contributed by atoms with van der Waals surface area (Å²) in [6.45, 7) is 45.0. The van der Waals surface area contributed by atoms with E-state index in [1.54, 1.807) is 19.1 Å². The largest absolute Gasteiger partial charge is 0.300 e. The van der Waals surface area contributed by atoms with Gasteiger partial charge in [-0.15, -0.1) is 11.6 Å². The molecule has 0 radical (unpaired) electrons. The molecule has 1 aromatic carbocycles. The number of allylic oxidation sites excluding steroid dienone is 11. The van der Waals surface area contributed by atoms with Crippen molar-refractivity contribution in [1.29, 1.82) is 0 Å². The number of carbonyl (C=O) groups excluding carboxylic acids is 2. The molecular weight excluding hydrogens is 658 g/mol. The quantitative estimate of drug-likeness (QED) is 0.168. The zero-order valence-electron chi connectivity index (χ0n) is 35.7. The highest BCUT2D eigenvalue weighted by Gasteiger charge is 2.14. The average molecular weight is 734 g/mol. The molecule has 0 heterocycles. The molecule has 0 aliphatic rings. The van der Waals surface area contributed by atoms with Gasteiger partial charge in [0.1, 0.15) is 23.2 Å². The van der Waals surface area contributed by atoms with Crippen LogP contribution in [-0.4, -0.2) is 17.4 Å². The van der Waals surface area contributed by atoms with Crippen molar-refractivity contribution in [2.75, 3.05) is 5.88 Å². The van der Waals surface area contributed by atoms with Gasteiger partial charge < -0.3 is 4.79 Å². The normalized spacial score (nSPS) is 10.9. The van der Waals surface area contributed by atoms with Gasteiger partial charge >= 0.3 is 0 Å². The number of Topliss-reactive ketones (excluding diaryl/α,β-unsaturated/α-hetero) is 2. The van der Waals surface area contributed by atoms with Gasteiger partial charge in [-0.25, -0.2) is 8.78 Å². The molecule has 0 spiro atoms. The topological polar surface area (TPSA) is 34.1 Å². The van der Waals surface area contributed by atoms with Gasteiger partial charge in [0.15, 0.2) is 0 Å². The Morgan fingerprint density at radius 3 is 1.59 bits per heavy atom. The van der Waals surface area contributed by atoms with Crippen molar-refractivity contribution in [2.45, 2.75) is 143 Å². The maximum Gasteiger partial charge on any atom is 0.131 e. The standard InChI is InChI=1S/C18H20F2.C12H20.C5H12.C4H7ClO.C4H10.C3H6O/c1-11(2)15(12(3)4)10-17(20)14(6)18-13(5)8-7-9-16(18)19;1-7-8-10(4)12(6)11(5)9(2)3;1-4-5(2)3;1-4(6)2-3-5;1-3-4-2;1-3(2)4/h7-10H,1,6H2,2-5H3;7-9H,1H2,2-6H3;5H,4H2,1-3H3;2-3H2,1H3;3-4H2,1-2H3;1-2H3/b17-10+;10-8-,12-11+;;;;. The Hall–Kier alpha value is -3.11. The fraction of sp³-hybridized carbons (Fsp3) is 0.522. The number of alkyl halides is 1. The van der Waals surface area contributed by atoms with Gasteiger partial charge in [-0.3, -0.25) is 4.79 Å². The summed E-state index contributed by atoms with van der Waals surface area (Å²) in [6, 6.07) is 4.64. The molecule has 0 saturated carbocycles. The number of hydrogen-bond acceptors (Lipinski definition) is 2. The predicted octanol–water partition coefficient (Wildman–Crippen LogP) is 15.7. The molecule has 51 heavy (non-hydrogen) atoms. The van der Waals surface area contributed by atoms with Crippen LogP contribution in [0, 0.1) is 24.6 Å². The van der Waals surface area contributed by atoms with Gasteiger partial charge in [0.05, 0.1) is 0 Å². The maximum atomic E-state index is 14.3. The number of rotatable bonds is 11. The van der Waals surface area contributed by atoms with Crippen LogP contribution in [0.25, 0.3) is 5.57 Å². The van der Waals surface area contributed by atoms with Crippen LogP contribution in [0.3, 0.4) is 0 Å². The van der Waals surface area contributed by atoms with Gasteiger partial charge in [-0.2, -0.15) is 0 Å². The zero-order chi connectivity index (χ0) is 41.4. The van der Waals surface area contributed by atoms with Gasteiger partial charge in [-0.05, 0) is 115 Å². The van der Waals surface area contributed by atoms with Crippen molar-refractivity contribution in [2.24, 2.45) is 11.8 Å². The first-order valence-corrected chi connectivity index (χ1v) is 18.6. The van der Waals surface area contributed by atoms with Crippen molar-refractivity contribution in [3.05, 3.63) is 112 Å². The highest BCUT2D eigenvalue weighted by Crippen LogP contribution is 2.30. The number of carbonyl (C=O) groups is 2. The van der Waals surface area contributed by atoms with E-state index >= 15 is 0 Å². The lowest BCUT2D eigenvalue weighted by Gasteiger charge is -2.11. The van der Waals surface area contributed by atoms with Gasteiger partial charge in [-0.1, -0.05) is 128 Å². The Balaban J connectivity index is -0.000000192. The molecule has 0 aliphatic carbocycles. The van der Waals surface area contributed by atoms with Crippen molar-refractivity contribution in [3.63, 3.8) is 0 Å². The average Bonchev–Trinajstić information content (AvgIpc) is 3.02. The van der Waals surface area contributed by atoms with E-state index in [-0.39, 0.29) is 22.7 Å². The maximum absolute atomic E-state index is 14.3. The minimum atomic E-state index is -0.544. The smallest absolute Gasteiger partial charge is 0.131 e. The number of ketones is 2. The Kier molecular flexibility index (Phi) is 39.6. The first-order valence-electron chi connectivity index (χ1n) is 18.1. The molecule has 0 aliphatic heterocycles. The van der Waals surface area contributed by atoms with E-state index in [2.05, 4.69) is 95.1 Å². The van der Waals surface area contributed by atoms with Crippen LogP contribution in [0.15, 0.2) is 95.4 Å². The first kappa shape index (κ1) is 57.2. The van der Waals surface area contributed by atoms with E-state index in [0.29, 0.717) is 23.8 Å². The van der Waals surface area contributed by atoms with Crippen LogP contribution in [0.5, 0.6) is 0 Å². The Labute approximate surface area is 319 Å². The summed E-state index contributed by atoms with van der Waals surface area (Å²) in [7, 11) is 0. The number of aryl methyl sites for hydroxylation is 1. The molecule has 0 N–H and O–H groups in total. The molecule has 0 atom stereocenters. The lowest BCUT2D eigenvalue weighted by atomic mass is 9.95. The fourth-order valence-corrected chi connectivity index (χ4v) is 3.49. The van der Waals surface area contributed by atoms with Crippen LogP contribution in [-0.2, 0) is 9.59 Å². The third-order valence-corrected chi connectivity index (χ3v) is 7.45. The Morgan fingerprint density at radius 2 is 1.33 bits per heavy atom. The van der Waals surface area contributed by atoms with E-state index in [1.165, 1.54) is 68.9 Å². The predicted molar refractivity (Wildman–Crippen MR) is 228 cm³/mol. The highest BCUT2D eigenvalue weighted by molar-refractivity contribution is 6.18. The molecular formula is C46H75ClF2O2. The van der Waals surface area contributed by atoms with E-state index < -0.39 is 11.6 Å². The summed E-state index contributed by atoms with van der Waals surface area (Å²) in [4.78, 5) is 19.4. The van der Waals surface area contributed by atoms with Gasteiger partial charge in [0, 0.05) is 23.4 Å². The molecule has 0 fully saturated rings. The summed E-state index contributed by atoms with van der Waals surface area (Å²) >= 11 is 5.18. The van der Waals surface area contributed by atoms with E-state index in [0.717, 1.165) is 22.6 Å². The summed E-state index contributed by atoms with van der Waals surface area (Å²) in [6.07, 6.45) is 9.71. The van der Waals surface area contributed by atoms with E-state index in [4.69, 9.17) is 11.6 Å². The van der Waals surface area contributed by atoms with E-state index in [1.807, 2.05) is 26.8 Å². The second-order valence-electron chi connectivity index (χ2n) is 13.5. The minimum Gasteiger partial charge on any atom is -0.300 e. The second kappa shape index (κ2) is 35.3. The zero-order valence-corrected chi connectivity index (χ0v) is 36.5. The highest BCUT2D eigenvalue weighted by atomic mass is 35.5. The molecule has 0 aromatic heterocycles. The van der Waals surface area contributed by atoms with Crippen LogP contribution >= 0.6 is 11.6 Å². The van der Waals surface area contributed by atoms with E-state index in [9.17, 15) is 18.4 Å². The number of hydrogen-bond donors (Lipinski definition) is 0. The molecule has 0 saturated heterocycles. The summed E-state index contributed by atoms with van der Waals surface area (Å²) in [5, 5.41) is 0. The molecule has 1 aromatic rings. The molecule has 1 rings (SSSR count). The van der Waals surface area contributed by atoms with Crippen LogP contribution < -0.4 is 0 Å². The summed E-state index contributed by atoms with van der Waals surface area (Å²) in [5.74, 6) is 1.29. The Morgan fingerprint density at radius 1 is 0.882 bits per heavy atom. The monoisotopic (exact) mass is 733 g/mol. The van der Waals surface area contributed by atoms with Crippen LogP contribution in [0.2, 0.25) is 0 Å². The number of halogens is 3. The second-order valence-corrected chi connectivity index (χ2v) is 13.9. The van der Waals surface area contributed by atoms with Crippen LogP contribution in [0.4, 0.5) is 8.78 Å². The van der Waals surface area contributed by atoms with Gasteiger partial charge in [0.25, 0.3) is 0 Å². The molecule has 5 heteroatoms. The molecule has 292 valence electrons. The van der Waals surface area contributed by atoms with Crippen molar-refractivity contribution < 1.29 is 18.4 Å². The summed E-state index contributed by atoms with van der Waals surface area (Å²) in [5.41, 5.74) is 7.54. The lowest BCUT2D eigenvalue weighted by molar-refractivity contribution is -0.117. The summed E-state index contributed by atoms with van der Waals surface area (Å²) < 4.78 is 28.2.